The Morgan fingerprint density at radius 1 is 1.12 bits per heavy atom. The van der Waals surface area contributed by atoms with Gasteiger partial charge in [-0.2, -0.15) is 0 Å². The third kappa shape index (κ3) is 4.88. The van der Waals surface area contributed by atoms with Crippen molar-refractivity contribution in [2.75, 3.05) is 13.1 Å². The van der Waals surface area contributed by atoms with Gasteiger partial charge < -0.3 is 5.73 Å². The average Bonchev–Trinajstić information content (AvgIpc) is 2.35. The summed E-state index contributed by atoms with van der Waals surface area (Å²) in [6.07, 6.45) is 2.19. The SMILES string of the molecule is CCc1ccc(CN(CCCN)C(C)C)cc1. The number of hydrogen-bond acceptors (Lipinski definition) is 2. The van der Waals surface area contributed by atoms with Crippen molar-refractivity contribution < 1.29 is 0 Å². The third-order valence-corrected chi connectivity index (χ3v) is 3.20. The summed E-state index contributed by atoms with van der Waals surface area (Å²) in [4.78, 5) is 2.48. The Kier molecular flexibility index (Phi) is 6.23. The Morgan fingerprint density at radius 2 is 1.71 bits per heavy atom. The van der Waals surface area contributed by atoms with Crippen LogP contribution in [0.25, 0.3) is 0 Å². The van der Waals surface area contributed by atoms with Gasteiger partial charge in [-0.1, -0.05) is 31.2 Å². The minimum absolute atomic E-state index is 0.576. The smallest absolute Gasteiger partial charge is 0.0236 e. The van der Waals surface area contributed by atoms with Crippen LogP contribution in [-0.2, 0) is 13.0 Å². The molecule has 0 fully saturated rings. The van der Waals surface area contributed by atoms with Crippen molar-refractivity contribution in [3.8, 4) is 0 Å². The first kappa shape index (κ1) is 14.2. The molecule has 1 rings (SSSR count). The maximum absolute atomic E-state index is 5.58. The molecule has 0 saturated carbocycles. The van der Waals surface area contributed by atoms with E-state index in [1.165, 1.54) is 11.1 Å². The first-order chi connectivity index (χ1) is 8.17. The molecular weight excluding hydrogens is 208 g/mol. The van der Waals surface area contributed by atoms with Gasteiger partial charge in [-0.3, -0.25) is 4.90 Å². The first-order valence-electron chi connectivity index (χ1n) is 6.69. The van der Waals surface area contributed by atoms with Crippen molar-refractivity contribution in [1.29, 1.82) is 0 Å². The zero-order chi connectivity index (χ0) is 12.7. The van der Waals surface area contributed by atoms with Crippen LogP contribution in [0.3, 0.4) is 0 Å². The van der Waals surface area contributed by atoms with Crippen molar-refractivity contribution in [1.82, 2.24) is 4.90 Å². The molecule has 0 atom stereocenters. The minimum atomic E-state index is 0.576. The molecule has 0 heterocycles. The summed E-state index contributed by atoms with van der Waals surface area (Å²) in [7, 11) is 0. The predicted octanol–water partition coefficient (Wildman–Crippen LogP) is 2.81. The average molecular weight is 234 g/mol. The Balaban J connectivity index is 2.58. The molecule has 0 spiro atoms. The van der Waals surface area contributed by atoms with Crippen LogP contribution in [0.4, 0.5) is 0 Å². The number of nitrogens with zero attached hydrogens (tertiary/aromatic N) is 1. The summed E-state index contributed by atoms with van der Waals surface area (Å²) in [5.41, 5.74) is 8.39. The highest BCUT2D eigenvalue weighted by molar-refractivity contribution is 5.22. The van der Waals surface area contributed by atoms with Crippen LogP contribution in [0.5, 0.6) is 0 Å². The lowest BCUT2D eigenvalue weighted by Gasteiger charge is -2.26. The van der Waals surface area contributed by atoms with Gasteiger partial charge in [0.2, 0.25) is 0 Å². The fourth-order valence-electron chi connectivity index (χ4n) is 1.93. The second-order valence-electron chi connectivity index (χ2n) is 4.88. The van der Waals surface area contributed by atoms with Gasteiger partial charge in [0.15, 0.2) is 0 Å². The highest BCUT2D eigenvalue weighted by Crippen LogP contribution is 2.10. The topological polar surface area (TPSA) is 29.3 Å². The Bertz CT molecular complexity index is 303. The van der Waals surface area contributed by atoms with E-state index < -0.39 is 0 Å². The van der Waals surface area contributed by atoms with E-state index in [0.717, 1.165) is 32.5 Å². The van der Waals surface area contributed by atoms with E-state index in [2.05, 4.69) is 49.9 Å². The molecule has 1 aromatic carbocycles. The molecule has 0 saturated heterocycles. The molecule has 1 aromatic rings. The highest BCUT2D eigenvalue weighted by atomic mass is 15.1. The second kappa shape index (κ2) is 7.46. The van der Waals surface area contributed by atoms with Crippen molar-refractivity contribution >= 4 is 0 Å². The fourth-order valence-corrected chi connectivity index (χ4v) is 1.93. The van der Waals surface area contributed by atoms with Crippen LogP contribution in [0.1, 0.15) is 38.3 Å². The number of rotatable bonds is 7. The van der Waals surface area contributed by atoms with E-state index in [0.29, 0.717) is 6.04 Å². The Hall–Kier alpha value is -0.860. The maximum Gasteiger partial charge on any atom is 0.0236 e. The molecule has 0 aliphatic carbocycles. The van der Waals surface area contributed by atoms with Gasteiger partial charge in [0.05, 0.1) is 0 Å². The largest absolute Gasteiger partial charge is 0.330 e. The van der Waals surface area contributed by atoms with E-state index in [1.54, 1.807) is 0 Å². The number of hydrogen-bond donors (Lipinski definition) is 1. The molecule has 0 amide bonds. The molecule has 0 aliphatic rings. The zero-order valence-corrected chi connectivity index (χ0v) is 11.4. The quantitative estimate of drug-likeness (QED) is 0.786. The molecule has 17 heavy (non-hydrogen) atoms. The van der Waals surface area contributed by atoms with Crippen LogP contribution in [-0.4, -0.2) is 24.0 Å². The molecular formula is C15H26N2. The third-order valence-electron chi connectivity index (χ3n) is 3.20. The van der Waals surface area contributed by atoms with Crippen LogP contribution >= 0.6 is 0 Å². The predicted molar refractivity (Wildman–Crippen MR) is 75.0 cm³/mol. The van der Waals surface area contributed by atoms with E-state index in [4.69, 9.17) is 5.73 Å². The minimum Gasteiger partial charge on any atom is -0.330 e. The summed E-state index contributed by atoms with van der Waals surface area (Å²) < 4.78 is 0. The van der Waals surface area contributed by atoms with Crippen LogP contribution in [0, 0.1) is 0 Å². The van der Waals surface area contributed by atoms with E-state index in [9.17, 15) is 0 Å². The number of benzene rings is 1. The van der Waals surface area contributed by atoms with Crippen LogP contribution < -0.4 is 5.73 Å². The maximum atomic E-state index is 5.58. The summed E-state index contributed by atoms with van der Waals surface area (Å²) in [5.74, 6) is 0. The number of aryl methyl sites for hydroxylation is 1. The van der Waals surface area contributed by atoms with Crippen LogP contribution in [0.15, 0.2) is 24.3 Å². The van der Waals surface area contributed by atoms with E-state index in [1.807, 2.05) is 0 Å². The molecule has 0 aromatic heterocycles. The summed E-state index contributed by atoms with van der Waals surface area (Å²) >= 11 is 0. The highest BCUT2D eigenvalue weighted by Gasteiger charge is 2.09. The Labute approximate surface area is 106 Å². The lowest BCUT2D eigenvalue weighted by Crippen LogP contribution is -2.32. The lowest BCUT2D eigenvalue weighted by molar-refractivity contribution is 0.211. The van der Waals surface area contributed by atoms with Crippen molar-refractivity contribution in [3.05, 3.63) is 35.4 Å². The normalized spacial score (nSPS) is 11.4. The van der Waals surface area contributed by atoms with Gasteiger partial charge in [0, 0.05) is 12.6 Å². The van der Waals surface area contributed by atoms with Gasteiger partial charge in [-0.05, 0) is 50.9 Å². The fraction of sp³-hybridized carbons (Fsp3) is 0.600. The molecule has 96 valence electrons. The molecule has 0 radical (unpaired) electrons. The molecule has 0 aliphatic heterocycles. The standard InChI is InChI=1S/C15H26N2/c1-4-14-6-8-15(9-7-14)12-17(13(2)3)11-5-10-16/h6-9,13H,4-5,10-12,16H2,1-3H3. The van der Waals surface area contributed by atoms with Crippen molar-refractivity contribution in [3.63, 3.8) is 0 Å². The summed E-state index contributed by atoms with van der Waals surface area (Å²) in [6.45, 7) is 9.58. The molecule has 2 N–H and O–H groups in total. The molecule has 2 nitrogen and oxygen atoms in total. The first-order valence-corrected chi connectivity index (χ1v) is 6.69. The van der Waals surface area contributed by atoms with Crippen LogP contribution in [0.2, 0.25) is 0 Å². The van der Waals surface area contributed by atoms with Crippen molar-refractivity contribution in [2.24, 2.45) is 5.73 Å². The molecule has 2 heteroatoms. The zero-order valence-electron chi connectivity index (χ0n) is 11.4. The van der Waals surface area contributed by atoms with Gasteiger partial charge in [-0.25, -0.2) is 0 Å². The second-order valence-corrected chi connectivity index (χ2v) is 4.88. The lowest BCUT2D eigenvalue weighted by atomic mass is 10.1. The Morgan fingerprint density at radius 3 is 2.18 bits per heavy atom. The molecule has 0 bridgehead atoms. The summed E-state index contributed by atoms with van der Waals surface area (Å²) in [6, 6.07) is 9.54. The number of nitrogens with two attached hydrogens (primary N) is 1. The van der Waals surface area contributed by atoms with Gasteiger partial charge >= 0.3 is 0 Å². The monoisotopic (exact) mass is 234 g/mol. The molecule has 0 unspecified atom stereocenters. The van der Waals surface area contributed by atoms with Gasteiger partial charge in [-0.15, -0.1) is 0 Å². The van der Waals surface area contributed by atoms with Gasteiger partial charge in [0.1, 0.15) is 0 Å². The summed E-state index contributed by atoms with van der Waals surface area (Å²) in [5, 5.41) is 0. The van der Waals surface area contributed by atoms with E-state index in [-0.39, 0.29) is 0 Å². The van der Waals surface area contributed by atoms with Crippen molar-refractivity contribution in [2.45, 2.75) is 46.2 Å². The van der Waals surface area contributed by atoms with E-state index >= 15 is 0 Å². The van der Waals surface area contributed by atoms with Gasteiger partial charge in [0.25, 0.3) is 0 Å².